The average molecular weight is 841 g/mol. The van der Waals surface area contributed by atoms with Gasteiger partial charge in [0.25, 0.3) is 0 Å². The first-order chi connectivity index (χ1) is 31.2. The van der Waals surface area contributed by atoms with Crippen molar-refractivity contribution in [2.75, 3.05) is 0 Å². The normalized spacial score (nSPS) is 11.8. The van der Waals surface area contributed by atoms with Gasteiger partial charge in [-0.1, -0.05) is 152 Å². The van der Waals surface area contributed by atoms with Gasteiger partial charge in [0, 0.05) is 74.5 Å². The van der Waals surface area contributed by atoms with Gasteiger partial charge >= 0.3 is 0 Å². The van der Waals surface area contributed by atoms with E-state index >= 15 is 0 Å². The van der Waals surface area contributed by atoms with E-state index in [2.05, 4.69) is 174 Å². The molecule has 0 amide bonds. The summed E-state index contributed by atoms with van der Waals surface area (Å²) in [5, 5.41) is 5.75. The molecule has 13 rings (SSSR count). The van der Waals surface area contributed by atoms with Gasteiger partial charge in [-0.05, 0) is 42.5 Å². The molecule has 0 spiro atoms. The van der Waals surface area contributed by atoms with Gasteiger partial charge in [-0.3, -0.25) is 0 Å². The van der Waals surface area contributed by atoms with Crippen LogP contribution in [0.15, 0.2) is 194 Å². The Hall–Kier alpha value is -7.91. The molecule has 0 aliphatic rings. The molecule has 0 aliphatic carbocycles. The molecule has 0 saturated heterocycles. The monoisotopic (exact) mass is 840 g/mol. The van der Waals surface area contributed by atoms with Crippen molar-refractivity contribution in [2.45, 2.75) is 0 Å². The first kappa shape index (κ1) is 35.8. The molecule has 5 heterocycles. The van der Waals surface area contributed by atoms with E-state index in [-0.39, 0.29) is 0 Å². The van der Waals surface area contributed by atoms with Crippen LogP contribution in [0.25, 0.3) is 125 Å². The van der Waals surface area contributed by atoms with Crippen LogP contribution in [0, 0.1) is 0 Å². The summed E-state index contributed by atoms with van der Waals surface area (Å²) in [6, 6.07) is 67.8. The van der Waals surface area contributed by atoms with Gasteiger partial charge in [0.15, 0.2) is 23.3 Å². The zero-order valence-electron chi connectivity index (χ0n) is 33.5. The Morgan fingerprint density at radius 2 is 0.937 bits per heavy atom. The second-order valence-electron chi connectivity index (χ2n) is 15.6. The Morgan fingerprint density at radius 3 is 1.76 bits per heavy atom. The fourth-order valence-electron chi connectivity index (χ4n) is 9.02. The van der Waals surface area contributed by atoms with Gasteiger partial charge in [0.1, 0.15) is 0 Å². The number of hydrogen-bond acceptors (Lipinski definition) is 7. The highest BCUT2D eigenvalue weighted by molar-refractivity contribution is 7.26. The summed E-state index contributed by atoms with van der Waals surface area (Å²) >= 11 is 3.50. The fourth-order valence-corrected chi connectivity index (χ4v) is 11.4. The molecule has 0 atom stereocenters. The molecule has 13 aromatic rings. The number of fused-ring (bicyclic) bond motifs is 9. The quantitative estimate of drug-likeness (QED) is 0.167. The van der Waals surface area contributed by atoms with E-state index in [0.717, 1.165) is 86.0 Å². The Kier molecular flexibility index (Phi) is 8.15. The average Bonchev–Trinajstić information content (AvgIpc) is 4.04. The highest BCUT2D eigenvalue weighted by Crippen LogP contribution is 2.45. The van der Waals surface area contributed by atoms with Crippen LogP contribution >= 0.6 is 22.7 Å². The number of benzene rings is 8. The smallest absolute Gasteiger partial charge is 0.165 e. The van der Waals surface area contributed by atoms with Crippen molar-refractivity contribution in [3.05, 3.63) is 194 Å². The van der Waals surface area contributed by atoms with Gasteiger partial charge < -0.3 is 4.57 Å². The summed E-state index contributed by atoms with van der Waals surface area (Å²) < 4.78 is 6.86. The standard InChI is InChI=1S/C55H32N6S2/c1-4-16-33(17-5-1)48-51-49(39-23-11-13-28-45(39)62-51)57-54(56-48)41-25-15-29-46-47(41)40-24-14-26-42(50(40)63-46)55-59-52(34-18-6-2-7-19-34)58-53(60-55)35-30-31-38-37-22-10-12-27-43(37)61(44(38)32-35)36-20-8-3-9-21-36/h1-32H. The molecule has 294 valence electrons. The van der Waals surface area contributed by atoms with Crippen LogP contribution in [0.4, 0.5) is 0 Å². The van der Waals surface area contributed by atoms with Gasteiger partial charge in [0.05, 0.1) is 26.9 Å². The lowest BCUT2D eigenvalue weighted by atomic mass is 10.0. The first-order valence-electron chi connectivity index (χ1n) is 20.8. The SMILES string of the molecule is c1ccc(-c2nc(-c3ccc4c5ccccc5n(-c5ccccc5)c4c3)nc(-c3cccc4c3sc3cccc(-c5nc(-c6ccccc6)c6sc7ccccc7c6n5)c34)n2)cc1. The summed E-state index contributed by atoms with van der Waals surface area (Å²) in [4.78, 5) is 26.4. The molecule has 6 nitrogen and oxygen atoms in total. The Bertz CT molecular complexity index is 3910. The van der Waals surface area contributed by atoms with E-state index in [1.165, 1.54) is 15.5 Å². The maximum atomic E-state index is 5.37. The summed E-state index contributed by atoms with van der Waals surface area (Å²) in [5.41, 5.74) is 10.1. The second kappa shape index (κ2) is 14.3. The fraction of sp³-hybridized carbons (Fsp3) is 0. The van der Waals surface area contributed by atoms with E-state index in [1.807, 2.05) is 24.3 Å². The zero-order valence-corrected chi connectivity index (χ0v) is 35.1. The van der Waals surface area contributed by atoms with Crippen molar-refractivity contribution in [1.29, 1.82) is 0 Å². The minimum Gasteiger partial charge on any atom is -0.309 e. The molecule has 0 radical (unpaired) electrons. The van der Waals surface area contributed by atoms with Crippen molar-refractivity contribution in [3.63, 3.8) is 0 Å². The van der Waals surface area contributed by atoms with E-state index in [9.17, 15) is 0 Å². The summed E-state index contributed by atoms with van der Waals surface area (Å²) in [7, 11) is 0. The largest absolute Gasteiger partial charge is 0.309 e. The third kappa shape index (κ3) is 5.80. The van der Waals surface area contributed by atoms with Gasteiger partial charge in [-0.2, -0.15) is 0 Å². The minimum absolute atomic E-state index is 0.613. The third-order valence-corrected chi connectivity index (χ3v) is 14.3. The van der Waals surface area contributed by atoms with Gasteiger partial charge in [0.2, 0.25) is 0 Å². The van der Waals surface area contributed by atoms with Crippen LogP contribution in [-0.4, -0.2) is 29.5 Å². The Balaban J connectivity index is 1.02. The number of para-hydroxylation sites is 2. The maximum Gasteiger partial charge on any atom is 0.165 e. The zero-order chi connectivity index (χ0) is 41.4. The number of rotatable bonds is 6. The molecular formula is C55H32N6S2. The van der Waals surface area contributed by atoms with Crippen molar-refractivity contribution in [1.82, 2.24) is 29.5 Å². The van der Waals surface area contributed by atoms with E-state index in [0.29, 0.717) is 23.3 Å². The Morgan fingerprint density at radius 1 is 0.349 bits per heavy atom. The van der Waals surface area contributed by atoms with Gasteiger partial charge in [-0.25, -0.2) is 24.9 Å². The molecule has 0 fully saturated rings. The Labute approximate surface area is 369 Å². The summed E-state index contributed by atoms with van der Waals surface area (Å²) in [5.74, 6) is 2.56. The summed E-state index contributed by atoms with van der Waals surface area (Å²) in [6.07, 6.45) is 0. The van der Waals surface area contributed by atoms with E-state index in [4.69, 9.17) is 24.9 Å². The van der Waals surface area contributed by atoms with Crippen LogP contribution in [0.2, 0.25) is 0 Å². The lowest BCUT2D eigenvalue weighted by Crippen LogP contribution is -2.00. The van der Waals surface area contributed by atoms with Crippen LogP contribution in [0.5, 0.6) is 0 Å². The molecule has 0 bridgehead atoms. The van der Waals surface area contributed by atoms with Gasteiger partial charge in [-0.15, -0.1) is 22.7 Å². The van der Waals surface area contributed by atoms with Crippen molar-refractivity contribution < 1.29 is 0 Å². The minimum atomic E-state index is 0.613. The van der Waals surface area contributed by atoms with Crippen molar-refractivity contribution in [3.8, 4) is 62.5 Å². The highest BCUT2D eigenvalue weighted by Gasteiger charge is 2.22. The molecule has 0 unspecified atom stereocenters. The van der Waals surface area contributed by atoms with E-state index < -0.39 is 0 Å². The first-order valence-corrected chi connectivity index (χ1v) is 22.5. The lowest BCUT2D eigenvalue weighted by Gasteiger charge is -2.11. The van der Waals surface area contributed by atoms with Crippen LogP contribution in [0.3, 0.4) is 0 Å². The molecule has 8 aromatic carbocycles. The molecule has 63 heavy (non-hydrogen) atoms. The summed E-state index contributed by atoms with van der Waals surface area (Å²) in [6.45, 7) is 0. The van der Waals surface area contributed by atoms with E-state index in [1.54, 1.807) is 22.7 Å². The topological polar surface area (TPSA) is 69.4 Å². The molecular weight excluding hydrogens is 809 g/mol. The van der Waals surface area contributed by atoms with Crippen LogP contribution in [0.1, 0.15) is 0 Å². The number of nitrogens with zero attached hydrogens (tertiary/aromatic N) is 6. The third-order valence-electron chi connectivity index (χ3n) is 11.9. The molecule has 0 N–H and O–H groups in total. The molecule has 5 aromatic heterocycles. The van der Waals surface area contributed by atoms with Crippen LogP contribution < -0.4 is 0 Å². The molecule has 8 heteroatoms. The predicted octanol–water partition coefficient (Wildman–Crippen LogP) is 14.8. The predicted molar refractivity (Wildman–Crippen MR) is 263 cm³/mol. The number of aromatic nitrogens is 6. The highest BCUT2D eigenvalue weighted by atomic mass is 32.1. The van der Waals surface area contributed by atoms with Crippen LogP contribution in [-0.2, 0) is 0 Å². The second-order valence-corrected chi connectivity index (χ2v) is 17.7. The maximum absolute atomic E-state index is 5.37. The molecule has 0 aliphatic heterocycles. The van der Waals surface area contributed by atoms with Crippen molar-refractivity contribution >= 4 is 85.0 Å². The number of hydrogen-bond donors (Lipinski definition) is 0. The lowest BCUT2D eigenvalue weighted by molar-refractivity contribution is 1.08. The van der Waals surface area contributed by atoms with Crippen molar-refractivity contribution in [2.24, 2.45) is 0 Å². The number of thiophene rings is 2. The molecule has 0 saturated carbocycles.